The number of primary amides is 1. The van der Waals surface area contributed by atoms with Crippen LogP contribution in [0.15, 0.2) is 72.9 Å². The minimum atomic E-state index is -0.591. The van der Waals surface area contributed by atoms with E-state index < -0.39 is 5.91 Å². The quantitative estimate of drug-likeness (QED) is 0.201. The Morgan fingerprint density at radius 1 is 0.903 bits per heavy atom. The minimum Gasteiger partial charge on any atom is -0.508 e. The third-order valence-corrected chi connectivity index (χ3v) is 4.18. The molecule has 160 valence electrons. The Morgan fingerprint density at radius 3 is 2.10 bits per heavy atom. The van der Waals surface area contributed by atoms with Crippen LogP contribution >= 0.6 is 0 Å². The predicted molar refractivity (Wildman–Crippen MR) is 117 cm³/mol. The van der Waals surface area contributed by atoms with Gasteiger partial charge < -0.3 is 10.8 Å². The average molecular weight is 589 g/mol. The fourth-order valence-corrected chi connectivity index (χ4v) is 2.88. The Hall–Kier alpha value is -3.12. The smallest absolute Gasteiger partial charge is 0.267 e. The second-order valence-corrected chi connectivity index (χ2v) is 5.92. The van der Waals surface area contributed by atoms with Crippen LogP contribution in [0.2, 0.25) is 0 Å². The normalized spacial score (nSPS) is 9.42. The maximum Gasteiger partial charge on any atom is 0.267 e. The number of phenols is 1. The van der Waals surface area contributed by atoms with Crippen molar-refractivity contribution in [1.29, 1.82) is 0 Å². The van der Waals surface area contributed by atoms with E-state index in [-0.39, 0.29) is 32.5 Å². The summed E-state index contributed by atoms with van der Waals surface area (Å²) in [6.07, 6.45) is 1.61. The zero-order valence-electron chi connectivity index (χ0n) is 17.1. The molecule has 7 nitrogen and oxygen atoms in total. The predicted octanol–water partition coefficient (Wildman–Crippen LogP) is 4.81. The molecule has 2 aromatic heterocycles. The van der Waals surface area contributed by atoms with Gasteiger partial charge >= 0.3 is 0 Å². The number of benzene rings is 2. The number of aromatic hydroxyl groups is 1. The molecule has 0 saturated carbocycles. The SMILES string of the molecule is CC.NC(=O)c1cc2nc(-c3ccc(O)cc3)c(-c3ccccc3)cc2cn1.OO.[W]. The molecule has 0 spiro atoms. The van der Waals surface area contributed by atoms with Crippen LogP contribution in [0.1, 0.15) is 24.3 Å². The summed E-state index contributed by atoms with van der Waals surface area (Å²) in [5, 5.41) is 22.4. The van der Waals surface area contributed by atoms with E-state index in [4.69, 9.17) is 21.2 Å². The first-order valence-corrected chi connectivity index (χ1v) is 9.27. The molecule has 4 rings (SSSR count). The molecular weight excluding hydrogens is 566 g/mol. The van der Waals surface area contributed by atoms with Crippen molar-refractivity contribution in [3.63, 3.8) is 0 Å². The summed E-state index contributed by atoms with van der Waals surface area (Å²) in [6, 6.07) is 20.4. The Kier molecular flexibility index (Phi) is 10.5. The number of fused-ring (bicyclic) bond motifs is 1. The standard InChI is InChI=1S/C21H15N3O2.C2H6.H2O2.W/c22-21(26)19-11-18-15(12-23-19)10-17(13-4-2-1-3-5-13)20(24-18)14-6-8-16(25)9-7-14;2*1-2;/h1-12,25H,(H2,22,26);1-2H3;1-2H;. The van der Waals surface area contributed by atoms with Crippen LogP contribution < -0.4 is 5.73 Å². The van der Waals surface area contributed by atoms with Crippen molar-refractivity contribution in [3.8, 4) is 28.1 Å². The first-order chi connectivity index (χ1) is 14.6. The largest absolute Gasteiger partial charge is 0.508 e. The van der Waals surface area contributed by atoms with Crippen molar-refractivity contribution in [2.45, 2.75) is 13.8 Å². The molecule has 8 heteroatoms. The van der Waals surface area contributed by atoms with Crippen LogP contribution in [0, 0.1) is 0 Å². The van der Waals surface area contributed by atoms with Gasteiger partial charge in [-0.05, 0) is 42.0 Å². The molecule has 1 amide bonds. The van der Waals surface area contributed by atoms with Gasteiger partial charge in [0.05, 0.1) is 11.2 Å². The molecule has 31 heavy (non-hydrogen) atoms. The maximum atomic E-state index is 11.4. The molecule has 0 aliphatic rings. The van der Waals surface area contributed by atoms with Gasteiger partial charge in [-0.15, -0.1) is 0 Å². The number of hydrogen-bond donors (Lipinski definition) is 4. The van der Waals surface area contributed by atoms with Gasteiger partial charge in [0.25, 0.3) is 5.91 Å². The van der Waals surface area contributed by atoms with E-state index in [2.05, 4.69) is 4.98 Å². The molecule has 2 aromatic carbocycles. The summed E-state index contributed by atoms with van der Waals surface area (Å²) in [4.78, 5) is 20.3. The molecule has 0 bridgehead atoms. The molecule has 2 heterocycles. The third-order valence-electron chi connectivity index (χ3n) is 4.18. The van der Waals surface area contributed by atoms with Crippen LogP contribution in [0.4, 0.5) is 0 Å². The van der Waals surface area contributed by atoms with Crippen molar-refractivity contribution in [2.75, 3.05) is 0 Å². The number of phenolic OH excluding ortho intramolecular Hbond substituents is 1. The van der Waals surface area contributed by atoms with Crippen LogP contribution in [0.3, 0.4) is 0 Å². The van der Waals surface area contributed by atoms with Gasteiger partial charge in [0.1, 0.15) is 11.4 Å². The maximum absolute atomic E-state index is 11.4. The van der Waals surface area contributed by atoms with E-state index in [1.54, 1.807) is 24.4 Å². The first-order valence-electron chi connectivity index (χ1n) is 9.27. The molecule has 0 radical (unpaired) electrons. The van der Waals surface area contributed by atoms with Gasteiger partial charge in [-0.25, -0.2) is 4.98 Å². The Bertz CT molecular complexity index is 1120. The number of hydrogen-bond acceptors (Lipinski definition) is 6. The van der Waals surface area contributed by atoms with E-state index in [0.29, 0.717) is 5.52 Å². The molecular formula is C23H23N3O4W. The molecule has 0 unspecified atom stereocenters. The second kappa shape index (κ2) is 12.5. The number of nitrogens with zero attached hydrogens (tertiary/aromatic N) is 2. The van der Waals surface area contributed by atoms with Gasteiger partial charge in [0, 0.05) is 43.8 Å². The van der Waals surface area contributed by atoms with Crippen LogP contribution in [-0.4, -0.2) is 31.5 Å². The zero-order chi connectivity index (χ0) is 22.1. The van der Waals surface area contributed by atoms with Crippen LogP contribution in [-0.2, 0) is 21.1 Å². The minimum absolute atomic E-state index is 0. The molecule has 5 N–H and O–H groups in total. The van der Waals surface area contributed by atoms with Crippen molar-refractivity contribution in [3.05, 3.63) is 78.6 Å². The number of rotatable bonds is 3. The van der Waals surface area contributed by atoms with Crippen LogP contribution in [0.5, 0.6) is 5.75 Å². The Morgan fingerprint density at radius 2 is 1.52 bits per heavy atom. The van der Waals surface area contributed by atoms with Gasteiger partial charge in [-0.2, -0.15) is 0 Å². The second-order valence-electron chi connectivity index (χ2n) is 5.92. The molecule has 0 aliphatic heterocycles. The number of aromatic nitrogens is 2. The van der Waals surface area contributed by atoms with E-state index in [1.165, 1.54) is 0 Å². The fraction of sp³-hybridized carbons (Fsp3) is 0.0870. The fourth-order valence-electron chi connectivity index (χ4n) is 2.88. The first kappa shape index (κ1) is 25.9. The van der Waals surface area contributed by atoms with Gasteiger partial charge in [0.15, 0.2) is 0 Å². The molecule has 0 aliphatic carbocycles. The van der Waals surface area contributed by atoms with Crippen molar-refractivity contribution in [1.82, 2.24) is 9.97 Å². The number of nitrogens with two attached hydrogens (primary N) is 1. The summed E-state index contributed by atoms with van der Waals surface area (Å²) < 4.78 is 0. The summed E-state index contributed by atoms with van der Waals surface area (Å²) in [7, 11) is 0. The average Bonchev–Trinajstić information content (AvgIpc) is 2.81. The van der Waals surface area contributed by atoms with Crippen LogP contribution in [0.25, 0.3) is 33.3 Å². The third kappa shape index (κ3) is 6.18. The zero-order valence-corrected chi connectivity index (χ0v) is 20.0. The number of amides is 1. The molecule has 4 aromatic rings. The van der Waals surface area contributed by atoms with E-state index >= 15 is 0 Å². The summed E-state index contributed by atoms with van der Waals surface area (Å²) >= 11 is 0. The topological polar surface area (TPSA) is 130 Å². The van der Waals surface area contributed by atoms with E-state index in [1.807, 2.05) is 62.4 Å². The number of carbonyl (C=O) groups excluding carboxylic acids is 1. The van der Waals surface area contributed by atoms with Crippen molar-refractivity contribution in [2.24, 2.45) is 5.73 Å². The van der Waals surface area contributed by atoms with Gasteiger partial charge in [-0.3, -0.25) is 20.3 Å². The Labute approximate surface area is 194 Å². The molecule has 0 atom stereocenters. The number of pyridine rings is 2. The number of carbonyl (C=O) groups is 1. The van der Waals surface area contributed by atoms with E-state index in [9.17, 15) is 9.90 Å². The van der Waals surface area contributed by atoms with Gasteiger partial charge in [0.2, 0.25) is 0 Å². The monoisotopic (exact) mass is 589 g/mol. The summed E-state index contributed by atoms with van der Waals surface area (Å²) in [6.45, 7) is 4.00. The van der Waals surface area contributed by atoms with Crippen molar-refractivity contribution >= 4 is 16.8 Å². The van der Waals surface area contributed by atoms with Crippen molar-refractivity contribution < 1.29 is 41.5 Å². The Balaban J connectivity index is 0.000000910. The molecule has 0 fully saturated rings. The van der Waals surface area contributed by atoms with E-state index in [0.717, 1.165) is 27.8 Å². The summed E-state index contributed by atoms with van der Waals surface area (Å²) in [5.41, 5.74) is 9.72. The van der Waals surface area contributed by atoms with Gasteiger partial charge in [-0.1, -0.05) is 44.2 Å². The summed E-state index contributed by atoms with van der Waals surface area (Å²) in [5.74, 6) is -0.400. The molecule has 0 saturated heterocycles.